The summed E-state index contributed by atoms with van der Waals surface area (Å²) in [5, 5.41) is 17.1. The van der Waals surface area contributed by atoms with Crippen LogP contribution in [-0.2, 0) is 4.79 Å². The number of hydrogen-bond donors (Lipinski definition) is 0. The van der Waals surface area contributed by atoms with Gasteiger partial charge in [-0.05, 0) is 49.4 Å². The van der Waals surface area contributed by atoms with E-state index in [1.54, 1.807) is 55.5 Å². The highest BCUT2D eigenvalue weighted by molar-refractivity contribution is 6.33. The molecular weight excluding hydrogens is 422 g/mol. The van der Waals surface area contributed by atoms with Crippen LogP contribution in [0.3, 0.4) is 0 Å². The van der Waals surface area contributed by atoms with Gasteiger partial charge < -0.3 is 9.15 Å². The normalized spacial score (nSPS) is 14.8. The fraction of sp³-hybridized carbons (Fsp3) is 0.0909. The van der Waals surface area contributed by atoms with Crippen molar-refractivity contribution in [2.24, 2.45) is 5.10 Å². The van der Waals surface area contributed by atoms with Gasteiger partial charge in [0.1, 0.15) is 17.3 Å². The highest BCUT2D eigenvalue weighted by atomic mass is 35.5. The Morgan fingerprint density at radius 1 is 1.19 bits per heavy atom. The van der Waals surface area contributed by atoms with Crippen LogP contribution in [0.5, 0.6) is 5.75 Å². The number of halogens is 1. The van der Waals surface area contributed by atoms with E-state index in [0.717, 1.165) is 0 Å². The Labute approximate surface area is 182 Å². The summed E-state index contributed by atoms with van der Waals surface area (Å²) in [6, 6.07) is 14.5. The summed E-state index contributed by atoms with van der Waals surface area (Å²) in [6.07, 6.45) is 1.60. The van der Waals surface area contributed by atoms with Gasteiger partial charge in [-0.3, -0.25) is 14.9 Å². The molecule has 1 aliphatic rings. The molecule has 1 amide bonds. The van der Waals surface area contributed by atoms with Crippen LogP contribution in [0.2, 0.25) is 5.02 Å². The maximum absolute atomic E-state index is 12.9. The van der Waals surface area contributed by atoms with Crippen molar-refractivity contribution in [3.63, 3.8) is 0 Å². The van der Waals surface area contributed by atoms with Crippen LogP contribution in [-0.4, -0.2) is 23.7 Å². The van der Waals surface area contributed by atoms with E-state index >= 15 is 0 Å². The minimum atomic E-state index is -0.496. The first-order valence-corrected chi connectivity index (χ1v) is 9.55. The third-order valence-corrected chi connectivity index (χ3v) is 4.93. The smallest absolute Gasteiger partial charge is 0.280 e. The van der Waals surface area contributed by atoms with Crippen LogP contribution in [0, 0.1) is 10.1 Å². The molecule has 2 aromatic carbocycles. The third-order valence-electron chi connectivity index (χ3n) is 4.69. The Bertz CT molecular complexity index is 1260. The minimum absolute atomic E-state index is 0.0843. The summed E-state index contributed by atoms with van der Waals surface area (Å²) in [5.74, 6) is 0.891. The number of furan rings is 1. The molecule has 0 N–H and O–H groups in total. The summed E-state index contributed by atoms with van der Waals surface area (Å²) in [6.45, 7) is 1.73. The number of ether oxygens (including phenoxy) is 1. The molecular formula is C22H16ClN3O5. The van der Waals surface area contributed by atoms with Crippen LogP contribution in [0.15, 0.2) is 69.7 Å². The van der Waals surface area contributed by atoms with Crippen LogP contribution in [0.1, 0.15) is 12.7 Å². The number of nitro benzene ring substituents is 1. The van der Waals surface area contributed by atoms with Crippen LogP contribution in [0.4, 0.5) is 11.4 Å². The van der Waals surface area contributed by atoms with E-state index in [2.05, 4.69) is 5.10 Å². The summed E-state index contributed by atoms with van der Waals surface area (Å²) < 4.78 is 11.1. The van der Waals surface area contributed by atoms with Crippen molar-refractivity contribution >= 4 is 40.7 Å². The number of methoxy groups -OCH3 is 1. The molecule has 0 bridgehead atoms. The van der Waals surface area contributed by atoms with Crippen LogP contribution >= 0.6 is 11.6 Å². The van der Waals surface area contributed by atoms with Gasteiger partial charge in [0.05, 0.1) is 40.6 Å². The molecule has 8 nitrogen and oxygen atoms in total. The van der Waals surface area contributed by atoms with E-state index < -0.39 is 4.92 Å². The molecule has 4 rings (SSSR count). The average Bonchev–Trinajstić information content (AvgIpc) is 3.33. The zero-order valence-electron chi connectivity index (χ0n) is 16.5. The number of nitrogens with zero attached hydrogens (tertiary/aromatic N) is 3. The number of amides is 1. The van der Waals surface area contributed by atoms with E-state index in [9.17, 15) is 14.9 Å². The topological polar surface area (TPSA) is 98.2 Å². The molecule has 9 heteroatoms. The number of hydrazone groups is 1. The van der Waals surface area contributed by atoms with Gasteiger partial charge in [-0.15, -0.1) is 0 Å². The number of nitro groups is 1. The van der Waals surface area contributed by atoms with Crippen molar-refractivity contribution in [1.82, 2.24) is 0 Å². The molecule has 2 heterocycles. The molecule has 1 aliphatic heterocycles. The molecule has 0 radical (unpaired) electrons. The van der Waals surface area contributed by atoms with Gasteiger partial charge in [0.2, 0.25) is 0 Å². The van der Waals surface area contributed by atoms with Gasteiger partial charge in [0, 0.05) is 11.1 Å². The number of benzene rings is 2. The van der Waals surface area contributed by atoms with Gasteiger partial charge in [-0.25, -0.2) is 0 Å². The number of carbonyl (C=O) groups excluding carboxylic acids is 1. The maximum Gasteiger partial charge on any atom is 0.280 e. The van der Waals surface area contributed by atoms with Gasteiger partial charge in [0.15, 0.2) is 0 Å². The van der Waals surface area contributed by atoms with E-state index in [4.69, 9.17) is 20.8 Å². The molecule has 156 valence electrons. The number of rotatable bonds is 5. The molecule has 0 aliphatic carbocycles. The lowest BCUT2D eigenvalue weighted by Gasteiger charge is -2.11. The molecule has 0 saturated carbocycles. The first kappa shape index (κ1) is 20.4. The molecule has 0 unspecified atom stereocenters. The highest BCUT2D eigenvalue weighted by Crippen LogP contribution is 2.35. The summed E-state index contributed by atoms with van der Waals surface area (Å²) in [4.78, 5) is 23.4. The SMILES string of the molecule is COc1cc([N+](=O)[O-])ccc1-c1ccc(/C=C2\C(=O)N(c3cccc(Cl)c3)N=C2C)o1. The number of hydrogen-bond acceptors (Lipinski definition) is 6. The first-order valence-electron chi connectivity index (χ1n) is 9.17. The summed E-state index contributed by atoms with van der Waals surface area (Å²) in [5.41, 5.74) is 1.96. The Morgan fingerprint density at radius 3 is 2.71 bits per heavy atom. The van der Waals surface area contributed by atoms with Crippen LogP contribution in [0.25, 0.3) is 17.4 Å². The Balaban J connectivity index is 1.64. The zero-order valence-corrected chi connectivity index (χ0v) is 17.3. The quantitative estimate of drug-likeness (QED) is 0.305. The lowest BCUT2D eigenvalue weighted by molar-refractivity contribution is -0.384. The zero-order chi connectivity index (χ0) is 22.1. The fourth-order valence-corrected chi connectivity index (χ4v) is 3.37. The monoisotopic (exact) mass is 437 g/mol. The minimum Gasteiger partial charge on any atom is -0.496 e. The molecule has 31 heavy (non-hydrogen) atoms. The van der Waals surface area contributed by atoms with Crippen molar-refractivity contribution in [2.45, 2.75) is 6.92 Å². The molecule has 0 spiro atoms. The molecule has 3 aromatic rings. The van der Waals surface area contributed by atoms with Crippen molar-refractivity contribution < 1.29 is 18.9 Å². The average molecular weight is 438 g/mol. The lowest BCUT2D eigenvalue weighted by atomic mass is 10.1. The second kappa shape index (κ2) is 8.08. The molecule has 1 aromatic heterocycles. The fourth-order valence-electron chi connectivity index (χ4n) is 3.18. The highest BCUT2D eigenvalue weighted by Gasteiger charge is 2.29. The Hall–Kier alpha value is -3.91. The largest absolute Gasteiger partial charge is 0.496 e. The standard InChI is InChI=1S/C22H16ClN3O5/c1-13-19(22(27)25(24-13)15-5-3-4-14(23)10-15)12-17-7-9-20(31-17)18-8-6-16(26(28)29)11-21(18)30-2/h3-12H,1-2H3/b19-12-. The predicted molar refractivity (Wildman–Crippen MR) is 117 cm³/mol. The van der Waals surface area contributed by atoms with Gasteiger partial charge >= 0.3 is 0 Å². The third kappa shape index (κ3) is 3.93. The van der Waals surface area contributed by atoms with Crippen molar-refractivity contribution in [3.05, 3.63) is 81.1 Å². The van der Waals surface area contributed by atoms with Crippen molar-refractivity contribution in [2.75, 3.05) is 12.1 Å². The number of carbonyl (C=O) groups is 1. The first-order chi connectivity index (χ1) is 14.9. The number of non-ortho nitro benzene ring substituents is 1. The van der Waals surface area contributed by atoms with Crippen molar-refractivity contribution in [3.8, 4) is 17.1 Å². The lowest BCUT2D eigenvalue weighted by Crippen LogP contribution is -2.21. The van der Waals surface area contributed by atoms with Crippen LogP contribution < -0.4 is 9.75 Å². The van der Waals surface area contributed by atoms with E-state index in [1.807, 2.05) is 0 Å². The Kier molecular flexibility index (Phi) is 5.31. The van der Waals surface area contributed by atoms with E-state index in [-0.39, 0.29) is 11.6 Å². The summed E-state index contributed by atoms with van der Waals surface area (Å²) in [7, 11) is 1.43. The van der Waals surface area contributed by atoms with Crippen molar-refractivity contribution in [1.29, 1.82) is 0 Å². The molecule has 0 saturated heterocycles. The molecule has 0 atom stereocenters. The molecule has 0 fully saturated rings. The second-order valence-corrected chi connectivity index (χ2v) is 7.12. The Morgan fingerprint density at radius 2 is 2.00 bits per heavy atom. The summed E-state index contributed by atoms with van der Waals surface area (Å²) >= 11 is 6.02. The van der Waals surface area contributed by atoms with E-state index in [1.165, 1.54) is 24.3 Å². The maximum atomic E-state index is 12.9. The van der Waals surface area contributed by atoms with E-state index in [0.29, 0.717) is 44.8 Å². The second-order valence-electron chi connectivity index (χ2n) is 6.68. The van der Waals surface area contributed by atoms with Gasteiger partial charge in [0.25, 0.3) is 11.6 Å². The predicted octanol–water partition coefficient (Wildman–Crippen LogP) is 5.32. The van der Waals surface area contributed by atoms with Gasteiger partial charge in [-0.1, -0.05) is 17.7 Å². The van der Waals surface area contributed by atoms with Gasteiger partial charge in [-0.2, -0.15) is 10.1 Å². The number of anilines is 1.